The van der Waals surface area contributed by atoms with Crippen molar-refractivity contribution in [2.75, 3.05) is 13.2 Å². The van der Waals surface area contributed by atoms with Crippen molar-refractivity contribution in [3.05, 3.63) is 30.1 Å². The third kappa shape index (κ3) is 3.36. The highest BCUT2D eigenvalue weighted by Crippen LogP contribution is 2.19. The van der Waals surface area contributed by atoms with Crippen LogP contribution < -0.4 is 5.32 Å². The fraction of sp³-hybridized carbons (Fsp3) is 0.467. The lowest BCUT2D eigenvalue weighted by molar-refractivity contribution is -0.143. The van der Waals surface area contributed by atoms with Gasteiger partial charge in [-0.15, -0.1) is 0 Å². The molecule has 0 saturated carbocycles. The molecule has 0 aliphatic rings. The standard InChI is InChI=1S/C15H21N3O2/c1-3-7-16-9-12-10-18(11-14(19)20-4-2)15-13(12)6-5-8-17-15/h5-6,8,10,16H,3-4,7,9,11H2,1-2H3. The summed E-state index contributed by atoms with van der Waals surface area (Å²) < 4.78 is 6.86. The number of carbonyl (C=O) groups excluding carboxylic acids is 1. The summed E-state index contributed by atoms with van der Waals surface area (Å²) in [5, 5.41) is 4.46. The maximum Gasteiger partial charge on any atom is 0.325 e. The molecule has 20 heavy (non-hydrogen) atoms. The zero-order valence-corrected chi connectivity index (χ0v) is 12.1. The SMILES string of the molecule is CCCNCc1cn(CC(=O)OCC)c2ncccc12. The van der Waals surface area contributed by atoms with Crippen LogP contribution in [0.15, 0.2) is 24.5 Å². The number of nitrogens with zero attached hydrogens (tertiary/aromatic N) is 2. The fourth-order valence-electron chi connectivity index (χ4n) is 2.20. The summed E-state index contributed by atoms with van der Waals surface area (Å²) in [6.07, 6.45) is 4.82. The first-order valence-electron chi connectivity index (χ1n) is 7.05. The smallest absolute Gasteiger partial charge is 0.325 e. The van der Waals surface area contributed by atoms with E-state index in [4.69, 9.17) is 4.74 Å². The molecule has 0 saturated heterocycles. The first-order valence-corrected chi connectivity index (χ1v) is 7.05. The van der Waals surface area contributed by atoms with Gasteiger partial charge in [0.1, 0.15) is 12.2 Å². The van der Waals surface area contributed by atoms with E-state index in [2.05, 4.69) is 17.2 Å². The molecule has 0 aromatic carbocycles. The number of rotatable bonds is 7. The van der Waals surface area contributed by atoms with Gasteiger partial charge in [-0.1, -0.05) is 6.92 Å². The monoisotopic (exact) mass is 275 g/mol. The Hall–Kier alpha value is -1.88. The molecule has 0 spiro atoms. The predicted octanol–water partition coefficient (Wildman–Crippen LogP) is 2.10. The Morgan fingerprint density at radius 2 is 2.30 bits per heavy atom. The van der Waals surface area contributed by atoms with Crippen LogP contribution in [0, 0.1) is 0 Å². The molecule has 2 aromatic rings. The molecule has 0 aliphatic carbocycles. The van der Waals surface area contributed by atoms with E-state index in [1.54, 1.807) is 6.20 Å². The van der Waals surface area contributed by atoms with E-state index in [1.165, 1.54) is 0 Å². The number of hydrogen-bond acceptors (Lipinski definition) is 4. The third-order valence-corrected chi connectivity index (χ3v) is 3.06. The summed E-state index contributed by atoms with van der Waals surface area (Å²) >= 11 is 0. The lowest BCUT2D eigenvalue weighted by Crippen LogP contribution is -2.14. The van der Waals surface area contributed by atoms with Crippen LogP contribution in [0.4, 0.5) is 0 Å². The first kappa shape index (κ1) is 14.5. The summed E-state index contributed by atoms with van der Waals surface area (Å²) in [5.74, 6) is -0.233. The van der Waals surface area contributed by atoms with Gasteiger partial charge in [-0.2, -0.15) is 0 Å². The van der Waals surface area contributed by atoms with Gasteiger partial charge in [-0.25, -0.2) is 4.98 Å². The van der Waals surface area contributed by atoms with Gasteiger partial charge < -0.3 is 14.6 Å². The molecule has 0 radical (unpaired) electrons. The molecule has 2 heterocycles. The van der Waals surface area contributed by atoms with Crippen LogP contribution in [0.1, 0.15) is 25.8 Å². The van der Waals surface area contributed by atoms with E-state index in [9.17, 15) is 4.79 Å². The molecule has 1 N–H and O–H groups in total. The van der Waals surface area contributed by atoms with Crippen LogP contribution in [-0.2, 0) is 22.6 Å². The molecule has 5 nitrogen and oxygen atoms in total. The Labute approximate surface area is 118 Å². The third-order valence-electron chi connectivity index (χ3n) is 3.06. The fourth-order valence-corrected chi connectivity index (χ4v) is 2.20. The molecule has 5 heteroatoms. The van der Waals surface area contributed by atoms with Crippen LogP contribution in [0.25, 0.3) is 11.0 Å². The zero-order chi connectivity index (χ0) is 14.4. The van der Waals surface area contributed by atoms with Crippen molar-refractivity contribution in [1.82, 2.24) is 14.9 Å². The number of hydrogen-bond donors (Lipinski definition) is 1. The van der Waals surface area contributed by atoms with Gasteiger partial charge in [0.2, 0.25) is 0 Å². The average Bonchev–Trinajstić information content (AvgIpc) is 2.78. The highest BCUT2D eigenvalue weighted by Gasteiger charge is 2.12. The zero-order valence-electron chi connectivity index (χ0n) is 12.1. The number of nitrogens with one attached hydrogen (secondary N) is 1. The summed E-state index contributed by atoms with van der Waals surface area (Å²) in [6, 6.07) is 3.95. The molecular weight excluding hydrogens is 254 g/mol. The highest BCUT2D eigenvalue weighted by atomic mass is 16.5. The topological polar surface area (TPSA) is 56.2 Å². The number of ether oxygens (including phenoxy) is 1. The van der Waals surface area contributed by atoms with Crippen molar-refractivity contribution in [3.8, 4) is 0 Å². The predicted molar refractivity (Wildman–Crippen MR) is 78.4 cm³/mol. The van der Waals surface area contributed by atoms with E-state index in [0.717, 1.165) is 36.1 Å². The van der Waals surface area contributed by atoms with Gasteiger partial charge >= 0.3 is 5.97 Å². The quantitative estimate of drug-likeness (QED) is 0.621. The Balaban J connectivity index is 2.23. The summed E-state index contributed by atoms with van der Waals surface area (Å²) in [6.45, 7) is 6.31. The maximum absolute atomic E-state index is 11.6. The molecule has 0 atom stereocenters. The first-order chi connectivity index (χ1) is 9.76. The molecule has 0 amide bonds. The van der Waals surface area contributed by atoms with E-state index < -0.39 is 0 Å². The van der Waals surface area contributed by atoms with E-state index in [1.807, 2.05) is 29.8 Å². The molecule has 0 fully saturated rings. The average molecular weight is 275 g/mol. The second-order valence-corrected chi connectivity index (χ2v) is 4.64. The van der Waals surface area contributed by atoms with Gasteiger partial charge in [0.05, 0.1) is 6.61 Å². The van der Waals surface area contributed by atoms with Crippen LogP contribution in [0.3, 0.4) is 0 Å². The van der Waals surface area contributed by atoms with Crippen molar-refractivity contribution in [3.63, 3.8) is 0 Å². The van der Waals surface area contributed by atoms with Crippen molar-refractivity contribution < 1.29 is 9.53 Å². The minimum atomic E-state index is -0.233. The van der Waals surface area contributed by atoms with Gasteiger partial charge in [0.25, 0.3) is 0 Å². The molecule has 108 valence electrons. The van der Waals surface area contributed by atoms with E-state index >= 15 is 0 Å². The Morgan fingerprint density at radius 3 is 3.05 bits per heavy atom. The summed E-state index contributed by atoms with van der Waals surface area (Å²) in [4.78, 5) is 16.0. The van der Waals surface area contributed by atoms with E-state index in [-0.39, 0.29) is 12.5 Å². The Bertz CT molecular complexity index is 578. The van der Waals surface area contributed by atoms with Crippen molar-refractivity contribution >= 4 is 17.0 Å². The molecule has 0 unspecified atom stereocenters. The summed E-state index contributed by atoms with van der Waals surface area (Å²) in [7, 11) is 0. The minimum absolute atomic E-state index is 0.204. The molecule has 0 aliphatic heterocycles. The molecule has 2 rings (SSSR count). The van der Waals surface area contributed by atoms with Gasteiger partial charge in [0, 0.05) is 24.3 Å². The van der Waals surface area contributed by atoms with Crippen molar-refractivity contribution in [1.29, 1.82) is 0 Å². The highest BCUT2D eigenvalue weighted by molar-refractivity contribution is 5.82. The normalized spacial score (nSPS) is 10.9. The number of pyridine rings is 1. The lowest BCUT2D eigenvalue weighted by atomic mass is 10.2. The molecule has 0 bridgehead atoms. The number of aromatic nitrogens is 2. The molecular formula is C15H21N3O2. The minimum Gasteiger partial charge on any atom is -0.465 e. The maximum atomic E-state index is 11.6. The number of carbonyl (C=O) groups is 1. The van der Waals surface area contributed by atoms with Crippen molar-refractivity contribution in [2.24, 2.45) is 0 Å². The van der Waals surface area contributed by atoms with Crippen LogP contribution in [0.2, 0.25) is 0 Å². The van der Waals surface area contributed by atoms with Crippen LogP contribution in [0.5, 0.6) is 0 Å². The van der Waals surface area contributed by atoms with Gasteiger partial charge in [-0.05, 0) is 37.6 Å². The Morgan fingerprint density at radius 1 is 1.45 bits per heavy atom. The summed E-state index contributed by atoms with van der Waals surface area (Å²) in [5.41, 5.74) is 1.99. The lowest BCUT2D eigenvalue weighted by Gasteiger charge is -2.03. The number of esters is 1. The molecule has 2 aromatic heterocycles. The second-order valence-electron chi connectivity index (χ2n) is 4.64. The largest absolute Gasteiger partial charge is 0.465 e. The van der Waals surface area contributed by atoms with Crippen LogP contribution in [-0.4, -0.2) is 28.7 Å². The second kappa shape index (κ2) is 7.05. The number of fused-ring (bicyclic) bond motifs is 1. The van der Waals surface area contributed by atoms with Crippen LogP contribution >= 0.6 is 0 Å². The van der Waals surface area contributed by atoms with E-state index in [0.29, 0.717) is 6.61 Å². The Kier molecular flexibility index (Phi) is 5.12. The van der Waals surface area contributed by atoms with Gasteiger partial charge in [-0.3, -0.25) is 4.79 Å². The van der Waals surface area contributed by atoms with Crippen molar-refractivity contribution in [2.45, 2.75) is 33.4 Å². The van der Waals surface area contributed by atoms with Gasteiger partial charge in [0.15, 0.2) is 0 Å².